The number of fused-ring (bicyclic) bond motifs is 1. The third-order valence-corrected chi connectivity index (χ3v) is 3.32. The van der Waals surface area contributed by atoms with Gasteiger partial charge >= 0.3 is 17.1 Å². The zero-order chi connectivity index (χ0) is 14.3. The number of para-hydroxylation sites is 1. The molecule has 0 amide bonds. The van der Waals surface area contributed by atoms with Crippen LogP contribution < -0.4 is 0 Å². The zero-order valence-corrected chi connectivity index (χ0v) is 13.2. The summed E-state index contributed by atoms with van der Waals surface area (Å²) in [6, 6.07) is 26.5. The van der Waals surface area contributed by atoms with Gasteiger partial charge < -0.3 is 0 Å². The summed E-state index contributed by atoms with van der Waals surface area (Å²) in [4.78, 5) is 0. The van der Waals surface area contributed by atoms with Gasteiger partial charge in [0.15, 0.2) is 0 Å². The smallest absolute Gasteiger partial charge is 0.245 e. The number of hydrogen-bond donors (Lipinski definition) is 0. The van der Waals surface area contributed by atoms with Crippen LogP contribution in [0, 0.1) is 0 Å². The summed E-state index contributed by atoms with van der Waals surface area (Å²) >= 11 is 0. The van der Waals surface area contributed by atoms with E-state index in [0.29, 0.717) is 0 Å². The SMILES string of the molecule is [Fe+2].c1cc[cH-]c1.c1ccc2c(c1)nnn2CC[c-]1cccc1. The molecular formula is C18H17FeN3. The van der Waals surface area contributed by atoms with Gasteiger partial charge in [0.1, 0.15) is 5.52 Å². The molecule has 1 aromatic heterocycles. The van der Waals surface area contributed by atoms with E-state index in [1.807, 2.05) is 53.2 Å². The van der Waals surface area contributed by atoms with Gasteiger partial charge in [0.2, 0.25) is 0 Å². The predicted octanol–water partition coefficient (Wildman–Crippen LogP) is 3.80. The molecule has 4 aromatic rings. The van der Waals surface area contributed by atoms with Crippen LogP contribution in [-0.4, -0.2) is 15.0 Å². The van der Waals surface area contributed by atoms with Crippen LogP contribution in [0.4, 0.5) is 0 Å². The molecule has 112 valence electrons. The van der Waals surface area contributed by atoms with Crippen molar-refractivity contribution in [3.8, 4) is 0 Å². The number of nitrogens with zero attached hydrogens (tertiary/aromatic N) is 3. The van der Waals surface area contributed by atoms with Crippen molar-refractivity contribution in [2.45, 2.75) is 13.0 Å². The normalized spacial score (nSPS) is 9.82. The molecule has 0 bridgehead atoms. The topological polar surface area (TPSA) is 30.7 Å². The van der Waals surface area contributed by atoms with Crippen LogP contribution in [-0.2, 0) is 30.0 Å². The molecule has 1 heterocycles. The van der Waals surface area contributed by atoms with E-state index in [9.17, 15) is 0 Å². The average Bonchev–Trinajstić information content (AvgIpc) is 3.28. The van der Waals surface area contributed by atoms with Gasteiger partial charge in [0, 0.05) is 6.54 Å². The Morgan fingerprint density at radius 1 is 0.955 bits per heavy atom. The van der Waals surface area contributed by atoms with Crippen LogP contribution in [0.1, 0.15) is 5.56 Å². The molecule has 22 heavy (non-hydrogen) atoms. The molecule has 3 aromatic carbocycles. The van der Waals surface area contributed by atoms with E-state index in [2.05, 4.69) is 40.6 Å². The first-order valence-corrected chi connectivity index (χ1v) is 7.09. The van der Waals surface area contributed by atoms with E-state index in [1.165, 1.54) is 5.56 Å². The number of aryl methyl sites for hydroxylation is 2. The van der Waals surface area contributed by atoms with Crippen molar-refractivity contribution in [3.63, 3.8) is 0 Å². The van der Waals surface area contributed by atoms with Crippen LogP contribution in [0.5, 0.6) is 0 Å². The Bertz CT molecular complexity index is 737. The maximum Gasteiger partial charge on any atom is 2.00 e. The minimum Gasteiger partial charge on any atom is -0.245 e. The summed E-state index contributed by atoms with van der Waals surface area (Å²) in [7, 11) is 0. The van der Waals surface area contributed by atoms with Gasteiger partial charge in [-0.3, -0.25) is 0 Å². The fourth-order valence-electron chi connectivity index (χ4n) is 2.22. The van der Waals surface area contributed by atoms with Crippen LogP contribution in [0.15, 0.2) is 78.9 Å². The minimum atomic E-state index is 0. The first-order chi connectivity index (χ1) is 10.4. The summed E-state index contributed by atoms with van der Waals surface area (Å²) in [5, 5.41) is 8.29. The van der Waals surface area contributed by atoms with E-state index in [1.54, 1.807) is 0 Å². The molecule has 0 spiro atoms. The number of rotatable bonds is 3. The minimum absolute atomic E-state index is 0. The summed E-state index contributed by atoms with van der Waals surface area (Å²) < 4.78 is 1.96. The van der Waals surface area contributed by atoms with E-state index in [-0.39, 0.29) is 17.1 Å². The first-order valence-electron chi connectivity index (χ1n) is 7.09. The molecular weight excluding hydrogens is 314 g/mol. The second-order valence-corrected chi connectivity index (χ2v) is 4.81. The Morgan fingerprint density at radius 3 is 2.36 bits per heavy atom. The Morgan fingerprint density at radius 2 is 1.68 bits per heavy atom. The molecule has 0 unspecified atom stereocenters. The summed E-state index contributed by atoms with van der Waals surface area (Å²) in [5.74, 6) is 0. The quantitative estimate of drug-likeness (QED) is 0.422. The molecule has 0 saturated heterocycles. The fourth-order valence-corrected chi connectivity index (χ4v) is 2.22. The first kappa shape index (κ1) is 16.2. The van der Waals surface area contributed by atoms with E-state index < -0.39 is 0 Å². The third kappa shape index (κ3) is 4.17. The van der Waals surface area contributed by atoms with Gasteiger partial charge in [-0.2, -0.15) is 35.9 Å². The van der Waals surface area contributed by atoms with Gasteiger partial charge in [0.25, 0.3) is 0 Å². The molecule has 4 rings (SSSR count). The maximum atomic E-state index is 4.16. The van der Waals surface area contributed by atoms with Crippen LogP contribution >= 0.6 is 0 Å². The second-order valence-electron chi connectivity index (χ2n) is 4.81. The van der Waals surface area contributed by atoms with E-state index >= 15 is 0 Å². The van der Waals surface area contributed by atoms with Crippen molar-refractivity contribution in [1.29, 1.82) is 0 Å². The number of benzene rings is 1. The molecule has 0 aliphatic rings. The molecule has 0 radical (unpaired) electrons. The van der Waals surface area contributed by atoms with Crippen LogP contribution in [0.3, 0.4) is 0 Å². The van der Waals surface area contributed by atoms with Crippen molar-refractivity contribution in [3.05, 3.63) is 84.4 Å². The molecule has 0 fully saturated rings. The molecule has 4 heteroatoms. The zero-order valence-electron chi connectivity index (χ0n) is 12.1. The summed E-state index contributed by atoms with van der Waals surface area (Å²) in [6.45, 7) is 0.879. The summed E-state index contributed by atoms with van der Waals surface area (Å²) in [5.41, 5.74) is 3.42. The Kier molecular flexibility index (Phi) is 6.13. The predicted molar refractivity (Wildman–Crippen MR) is 85.3 cm³/mol. The Balaban J connectivity index is 0.000000253. The largest absolute Gasteiger partial charge is 2.00 e. The molecule has 0 aliphatic heterocycles. The van der Waals surface area contributed by atoms with Gasteiger partial charge in [-0.25, -0.2) is 28.9 Å². The molecule has 0 N–H and O–H groups in total. The van der Waals surface area contributed by atoms with Gasteiger partial charge in [-0.05, 0) is 12.1 Å². The molecule has 0 atom stereocenters. The summed E-state index contributed by atoms with van der Waals surface area (Å²) in [6.07, 6.45) is 1.00. The van der Waals surface area contributed by atoms with Crippen molar-refractivity contribution in [1.82, 2.24) is 15.0 Å². The van der Waals surface area contributed by atoms with Crippen molar-refractivity contribution >= 4 is 11.0 Å². The fraction of sp³-hybridized carbons (Fsp3) is 0.111. The van der Waals surface area contributed by atoms with Gasteiger partial charge in [0.05, 0.1) is 5.52 Å². The van der Waals surface area contributed by atoms with Crippen molar-refractivity contribution in [2.24, 2.45) is 0 Å². The third-order valence-electron chi connectivity index (χ3n) is 3.32. The van der Waals surface area contributed by atoms with Gasteiger partial charge in [-0.1, -0.05) is 23.8 Å². The number of hydrogen-bond acceptors (Lipinski definition) is 2. The van der Waals surface area contributed by atoms with Crippen LogP contribution in [0.2, 0.25) is 0 Å². The standard InChI is InChI=1S/C13H12N3.C5H5.Fe/c1-2-6-11(5-1)9-10-16-13-8-4-3-7-12(13)14-15-16;1-2-4-5-3-1;/h1-8H,9-10H2;1-5H;/q2*-1;+2. The molecule has 3 nitrogen and oxygen atoms in total. The van der Waals surface area contributed by atoms with E-state index in [0.717, 1.165) is 24.0 Å². The van der Waals surface area contributed by atoms with Crippen molar-refractivity contribution in [2.75, 3.05) is 0 Å². The molecule has 0 saturated carbocycles. The molecule has 0 aliphatic carbocycles. The average molecular weight is 331 g/mol. The van der Waals surface area contributed by atoms with E-state index in [4.69, 9.17) is 0 Å². The Labute approximate surface area is 140 Å². The van der Waals surface area contributed by atoms with Crippen molar-refractivity contribution < 1.29 is 17.1 Å². The van der Waals surface area contributed by atoms with Gasteiger partial charge in [-0.15, -0.1) is 5.10 Å². The Hall–Kier alpha value is -2.16. The number of aromatic nitrogens is 3. The monoisotopic (exact) mass is 331 g/mol. The maximum absolute atomic E-state index is 4.16. The second kappa shape index (κ2) is 8.32. The van der Waals surface area contributed by atoms with Crippen LogP contribution in [0.25, 0.3) is 11.0 Å².